The summed E-state index contributed by atoms with van der Waals surface area (Å²) in [5, 5.41) is 12.6. The number of ether oxygens (including phenoxy) is 1. The fourth-order valence-electron chi connectivity index (χ4n) is 3.78. The fraction of sp³-hybridized carbons (Fsp3) is 0.250. The van der Waals surface area contributed by atoms with Gasteiger partial charge in [-0.15, -0.1) is 10.2 Å². The van der Waals surface area contributed by atoms with Crippen molar-refractivity contribution in [1.29, 1.82) is 0 Å². The minimum atomic E-state index is 0.00617. The molecule has 4 aromatic rings. The van der Waals surface area contributed by atoms with Crippen LogP contribution >= 0.6 is 11.8 Å². The summed E-state index contributed by atoms with van der Waals surface area (Å²) in [6, 6.07) is 28.5. The lowest BCUT2D eigenvalue weighted by Gasteiger charge is -2.11. The van der Waals surface area contributed by atoms with Crippen molar-refractivity contribution in [3.05, 3.63) is 96.1 Å². The molecule has 0 radical (unpaired) electrons. The number of nitrogens with zero attached hydrogens (tertiary/aromatic N) is 3. The summed E-state index contributed by atoms with van der Waals surface area (Å²) in [5.41, 5.74) is 3.49. The monoisotopic (exact) mass is 486 g/mol. The lowest BCUT2D eigenvalue weighted by Crippen LogP contribution is -2.26. The molecule has 4 rings (SSSR count). The van der Waals surface area contributed by atoms with Gasteiger partial charge in [-0.3, -0.25) is 4.79 Å². The van der Waals surface area contributed by atoms with Crippen LogP contribution in [-0.2, 0) is 24.2 Å². The van der Waals surface area contributed by atoms with Gasteiger partial charge in [0.15, 0.2) is 11.0 Å². The van der Waals surface area contributed by atoms with Gasteiger partial charge in [0.05, 0.1) is 12.9 Å². The van der Waals surface area contributed by atoms with Gasteiger partial charge in [-0.1, -0.05) is 72.4 Å². The van der Waals surface area contributed by atoms with Gasteiger partial charge in [0.2, 0.25) is 5.91 Å². The molecule has 0 bridgehead atoms. The lowest BCUT2D eigenvalue weighted by molar-refractivity contribution is -0.118. The Kier molecular flexibility index (Phi) is 8.95. The van der Waals surface area contributed by atoms with Crippen LogP contribution in [0.25, 0.3) is 11.4 Å². The van der Waals surface area contributed by atoms with E-state index in [-0.39, 0.29) is 5.91 Å². The number of nitrogens with one attached hydrogen (secondary N) is 1. The van der Waals surface area contributed by atoms with Crippen molar-refractivity contribution in [2.45, 2.75) is 31.0 Å². The number of aryl methyl sites for hydroxylation is 2. The highest BCUT2D eigenvalue weighted by atomic mass is 32.2. The minimum Gasteiger partial charge on any atom is -0.497 e. The average molecular weight is 487 g/mol. The summed E-state index contributed by atoms with van der Waals surface area (Å²) in [4.78, 5) is 12.5. The van der Waals surface area contributed by atoms with E-state index in [4.69, 9.17) is 4.74 Å². The van der Waals surface area contributed by atoms with Crippen LogP contribution in [-0.4, -0.2) is 40.1 Å². The summed E-state index contributed by atoms with van der Waals surface area (Å²) < 4.78 is 7.38. The first-order valence-corrected chi connectivity index (χ1v) is 12.8. The first kappa shape index (κ1) is 24.5. The van der Waals surface area contributed by atoms with Gasteiger partial charge < -0.3 is 14.6 Å². The number of aromatic nitrogens is 3. The Morgan fingerprint density at radius 3 is 2.20 bits per heavy atom. The number of carbonyl (C=O) groups is 1. The van der Waals surface area contributed by atoms with E-state index < -0.39 is 0 Å². The Bertz CT molecular complexity index is 1190. The smallest absolute Gasteiger partial charge is 0.230 e. The molecule has 35 heavy (non-hydrogen) atoms. The fourth-order valence-corrected chi connectivity index (χ4v) is 4.58. The van der Waals surface area contributed by atoms with Crippen molar-refractivity contribution in [1.82, 2.24) is 20.1 Å². The quantitative estimate of drug-likeness (QED) is 0.225. The van der Waals surface area contributed by atoms with E-state index in [0.29, 0.717) is 12.3 Å². The zero-order chi connectivity index (χ0) is 24.3. The molecule has 0 fully saturated rings. The number of hydrogen-bond acceptors (Lipinski definition) is 5. The van der Waals surface area contributed by atoms with Crippen LogP contribution < -0.4 is 10.1 Å². The Balaban J connectivity index is 1.38. The first-order valence-electron chi connectivity index (χ1n) is 11.8. The van der Waals surface area contributed by atoms with E-state index >= 15 is 0 Å². The second-order valence-electron chi connectivity index (χ2n) is 8.15. The van der Waals surface area contributed by atoms with Gasteiger partial charge in [0.1, 0.15) is 5.75 Å². The van der Waals surface area contributed by atoms with E-state index in [1.165, 1.54) is 22.9 Å². The van der Waals surface area contributed by atoms with E-state index in [0.717, 1.165) is 48.1 Å². The van der Waals surface area contributed by atoms with Crippen LogP contribution in [0.15, 0.2) is 90.1 Å². The van der Waals surface area contributed by atoms with Crippen molar-refractivity contribution in [3.8, 4) is 17.1 Å². The number of rotatable bonds is 12. The maximum absolute atomic E-state index is 12.5. The average Bonchev–Trinajstić information content (AvgIpc) is 3.32. The van der Waals surface area contributed by atoms with Gasteiger partial charge in [0.25, 0.3) is 0 Å². The normalized spacial score (nSPS) is 10.8. The van der Waals surface area contributed by atoms with Crippen LogP contribution in [0.1, 0.15) is 17.5 Å². The highest BCUT2D eigenvalue weighted by Crippen LogP contribution is 2.26. The number of carbonyl (C=O) groups excluding carboxylic acids is 1. The maximum atomic E-state index is 12.5. The van der Waals surface area contributed by atoms with Crippen molar-refractivity contribution in [2.24, 2.45) is 0 Å². The Morgan fingerprint density at radius 1 is 0.886 bits per heavy atom. The molecule has 0 unspecified atom stereocenters. The minimum absolute atomic E-state index is 0.00617. The van der Waals surface area contributed by atoms with Crippen LogP contribution in [0.2, 0.25) is 0 Å². The molecule has 0 saturated heterocycles. The van der Waals surface area contributed by atoms with Gasteiger partial charge in [-0.05, 0) is 54.7 Å². The number of thioether (sulfide) groups is 1. The third kappa shape index (κ3) is 7.20. The number of hydrogen-bond donors (Lipinski definition) is 1. The molecule has 0 spiro atoms. The van der Waals surface area contributed by atoms with Crippen molar-refractivity contribution < 1.29 is 9.53 Å². The van der Waals surface area contributed by atoms with Gasteiger partial charge >= 0.3 is 0 Å². The molecule has 6 nitrogen and oxygen atoms in total. The van der Waals surface area contributed by atoms with Crippen molar-refractivity contribution in [3.63, 3.8) is 0 Å². The summed E-state index contributed by atoms with van der Waals surface area (Å²) >= 11 is 1.42. The third-order valence-corrected chi connectivity index (χ3v) is 6.64. The molecule has 1 N–H and O–H groups in total. The Labute approximate surface area is 210 Å². The SMILES string of the molecule is COc1ccc(-c2nnc(SCC(=O)NCCCc3ccccc3)n2CCc2ccccc2)cc1. The lowest BCUT2D eigenvalue weighted by atomic mass is 10.1. The van der Waals surface area contributed by atoms with Gasteiger partial charge in [-0.25, -0.2) is 0 Å². The second-order valence-corrected chi connectivity index (χ2v) is 9.09. The van der Waals surface area contributed by atoms with Gasteiger partial charge in [-0.2, -0.15) is 0 Å². The van der Waals surface area contributed by atoms with Crippen molar-refractivity contribution in [2.75, 3.05) is 19.4 Å². The topological polar surface area (TPSA) is 69.0 Å². The Hall–Kier alpha value is -3.58. The molecule has 180 valence electrons. The maximum Gasteiger partial charge on any atom is 0.230 e. The van der Waals surface area contributed by atoms with E-state index in [9.17, 15) is 4.79 Å². The molecule has 1 heterocycles. The Morgan fingerprint density at radius 2 is 1.54 bits per heavy atom. The summed E-state index contributed by atoms with van der Waals surface area (Å²) in [5.74, 6) is 1.89. The van der Waals surface area contributed by atoms with E-state index in [1.807, 2.05) is 60.7 Å². The molecule has 0 aliphatic heterocycles. The highest BCUT2D eigenvalue weighted by Gasteiger charge is 2.16. The standard InChI is InChI=1S/C28H30N4O2S/c1-34-25-16-14-24(15-17-25)27-30-31-28(32(27)20-18-23-11-6-3-7-12-23)35-21-26(33)29-19-8-13-22-9-4-2-5-10-22/h2-7,9-12,14-17H,8,13,18-21H2,1H3,(H,29,33). The molecule has 3 aromatic carbocycles. The summed E-state index contributed by atoms with van der Waals surface area (Å²) in [6.07, 6.45) is 2.71. The predicted octanol–water partition coefficient (Wildman–Crippen LogP) is 5.04. The molecule has 0 aliphatic rings. The molecule has 7 heteroatoms. The third-order valence-electron chi connectivity index (χ3n) is 5.67. The largest absolute Gasteiger partial charge is 0.497 e. The van der Waals surface area contributed by atoms with Crippen molar-refractivity contribution >= 4 is 17.7 Å². The molecule has 0 aliphatic carbocycles. The highest BCUT2D eigenvalue weighted by molar-refractivity contribution is 7.99. The molecular weight excluding hydrogens is 456 g/mol. The van der Waals surface area contributed by atoms with Gasteiger partial charge in [0, 0.05) is 18.7 Å². The second kappa shape index (κ2) is 12.8. The molecule has 0 saturated carbocycles. The molecule has 0 atom stereocenters. The number of methoxy groups -OCH3 is 1. The number of amides is 1. The van der Waals surface area contributed by atoms with E-state index in [1.54, 1.807) is 7.11 Å². The zero-order valence-electron chi connectivity index (χ0n) is 19.9. The number of benzene rings is 3. The van der Waals surface area contributed by atoms with Crippen LogP contribution in [0.3, 0.4) is 0 Å². The molecule has 1 aromatic heterocycles. The summed E-state index contributed by atoms with van der Waals surface area (Å²) in [6.45, 7) is 1.38. The van der Waals surface area contributed by atoms with Crippen LogP contribution in [0, 0.1) is 0 Å². The zero-order valence-corrected chi connectivity index (χ0v) is 20.7. The van der Waals surface area contributed by atoms with Crippen LogP contribution in [0.5, 0.6) is 5.75 Å². The van der Waals surface area contributed by atoms with E-state index in [2.05, 4.69) is 44.3 Å². The predicted molar refractivity (Wildman–Crippen MR) is 141 cm³/mol. The molecule has 1 amide bonds. The summed E-state index contributed by atoms with van der Waals surface area (Å²) in [7, 11) is 1.65. The van der Waals surface area contributed by atoms with Crippen LogP contribution in [0.4, 0.5) is 0 Å². The molecular formula is C28H30N4O2S. The first-order chi connectivity index (χ1) is 17.2.